The van der Waals surface area contributed by atoms with Crippen molar-refractivity contribution in [1.82, 2.24) is 14.7 Å². The Morgan fingerprint density at radius 1 is 0.812 bits per heavy atom. The van der Waals surface area contributed by atoms with E-state index in [0.717, 1.165) is 11.0 Å². The third-order valence-electron chi connectivity index (χ3n) is 5.71. The van der Waals surface area contributed by atoms with E-state index in [1.165, 1.54) is 12.1 Å². The van der Waals surface area contributed by atoms with Gasteiger partial charge in [-0.15, -0.1) is 0 Å². The predicted molar refractivity (Wildman–Crippen MR) is 113 cm³/mol. The average molecular weight is 437 g/mol. The van der Waals surface area contributed by atoms with E-state index in [0.29, 0.717) is 43.7 Å². The van der Waals surface area contributed by atoms with Crippen LogP contribution >= 0.6 is 0 Å². The van der Waals surface area contributed by atoms with Crippen LogP contribution in [0, 0.1) is 0 Å². The first-order valence-electron chi connectivity index (χ1n) is 10.4. The van der Waals surface area contributed by atoms with Crippen molar-refractivity contribution in [2.45, 2.75) is 12.8 Å². The zero-order chi connectivity index (χ0) is 22.8. The van der Waals surface area contributed by atoms with E-state index in [9.17, 15) is 29.4 Å². The van der Waals surface area contributed by atoms with Gasteiger partial charge in [0.2, 0.25) is 5.91 Å². The van der Waals surface area contributed by atoms with E-state index in [1.54, 1.807) is 34.1 Å². The van der Waals surface area contributed by atoms with Crippen LogP contribution < -0.4 is 0 Å². The van der Waals surface area contributed by atoms with Gasteiger partial charge in [0.1, 0.15) is 11.5 Å². The molecule has 2 aliphatic heterocycles. The van der Waals surface area contributed by atoms with Crippen LogP contribution in [0.1, 0.15) is 43.9 Å². The molecule has 0 unspecified atom stereocenters. The highest BCUT2D eigenvalue weighted by Crippen LogP contribution is 2.23. The van der Waals surface area contributed by atoms with Crippen LogP contribution in [0.4, 0.5) is 0 Å². The molecule has 0 saturated carbocycles. The minimum Gasteiger partial charge on any atom is -0.508 e. The number of amides is 4. The summed E-state index contributed by atoms with van der Waals surface area (Å²) in [7, 11) is 0. The Kier molecular flexibility index (Phi) is 5.81. The van der Waals surface area contributed by atoms with Crippen LogP contribution in [-0.4, -0.2) is 81.3 Å². The van der Waals surface area contributed by atoms with Crippen molar-refractivity contribution in [2.24, 2.45) is 0 Å². The topological polar surface area (TPSA) is 118 Å². The molecule has 1 fully saturated rings. The van der Waals surface area contributed by atoms with Gasteiger partial charge in [-0.2, -0.15) is 0 Å². The van der Waals surface area contributed by atoms with Gasteiger partial charge in [-0.1, -0.05) is 12.1 Å². The summed E-state index contributed by atoms with van der Waals surface area (Å²) in [6.45, 7) is 1.51. The van der Waals surface area contributed by atoms with Gasteiger partial charge in [0.25, 0.3) is 17.7 Å². The molecular weight excluding hydrogens is 414 g/mol. The summed E-state index contributed by atoms with van der Waals surface area (Å²) < 4.78 is 0. The molecule has 2 aromatic carbocycles. The predicted octanol–water partition coefficient (Wildman–Crippen LogP) is 1.46. The highest BCUT2D eigenvalue weighted by Gasteiger charge is 2.35. The zero-order valence-corrected chi connectivity index (χ0v) is 17.4. The molecule has 32 heavy (non-hydrogen) atoms. The van der Waals surface area contributed by atoms with Crippen molar-refractivity contribution < 1.29 is 29.4 Å². The molecule has 2 aromatic rings. The molecule has 166 valence electrons. The number of phenols is 2. The Balaban J connectivity index is 1.34. The van der Waals surface area contributed by atoms with Crippen molar-refractivity contribution in [3.8, 4) is 11.5 Å². The number of phenolic OH excluding ortho intramolecular Hbond substituents is 2. The number of fused-ring (bicyclic) bond motifs is 1. The van der Waals surface area contributed by atoms with Gasteiger partial charge >= 0.3 is 0 Å². The number of hydrogen-bond acceptors (Lipinski definition) is 6. The quantitative estimate of drug-likeness (QED) is 0.699. The molecule has 2 N–H and O–H groups in total. The monoisotopic (exact) mass is 437 g/mol. The largest absolute Gasteiger partial charge is 0.508 e. The molecule has 9 nitrogen and oxygen atoms in total. The first kappa shape index (κ1) is 21.4. The minimum absolute atomic E-state index is 0.00684. The number of rotatable bonds is 4. The highest BCUT2D eigenvalue weighted by molar-refractivity contribution is 6.21. The number of benzene rings is 2. The van der Waals surface area contributed by atoms with Gasteiger partial charge in [0, 0.05) is 50.8 Å². The normalized spacial score (nSPS) is 16.2. The summed E-state index contributed by atoms with van der Waals surface area (Å²) >= 11 is 0. The number of imide groups is 1. The Labute approximate surface area is 184 Å². The Morgan fingerprint density at radius 3 is 2.00 bits per heavy atom. The fourth-order valence-electron chi connectivity index (χ4n) is 4.08. The number of nitrogens with zero attached hydrogens (tertiary/aromatic N) is 3. The summed E-state index contributed by atoms with van der Waals surface area (Å²) in [6.07, 6.45) is 0.579. The summed E-state index contributed by atoms with van der Waals surface area (Å²) in [5.41, 5.74) is 0.881. The summed E-state index contributed by atoms with van der Waals surface area (Å²) in [6, 6.07) is 10.3. The number of carbonyl (C=O) groups is 4. The van der Waals surface area contributed by atoms with Gasteiger partial charge in [-0.05, 0) is 30.7 Å². The molecule has 0 atom stereocenters. The van der Waals surface area contributed by atoms with E-state index in [2.05, 4.69) is 0 Å². The summed E-state index contributed by atoms with van der Waals surface area (Å²) in [5.74, 6) is -1.70. The van der Waals surface area contributed by atoms with E-state index in [1.807, 2.05) is 0 Å². The number of hydrogen-bond donors (Lipinski definition) is 2. The van der Waals surface area contributed by atoms with Crippen LogP contribution in [0.15, 0.2) is 42.5 Å². The zero-order valence-electron chi connectivity index (χ0n) is 17.4. The van der Waals surface area contributed by atoms with Crippen LogP contribution in [-0.2, 0) is 4.79 Å². The van der Waals surface area contributed by atoms with Crippen molar-refractivity contribution >= 4 is 23.6 Å². The number of carbonyl (C=O) groups excluding carboxylic acids is 4. The van der Waals surface area contributed by atoms with Crippen molar-refractivity contribution in [2.75, 3.05) is 32.7 Å². The fourth-order valence-corrected chi connectivity index (χ4v) is 4.08. The lowest BCUT2D eigenvalue weighted by atomic mass is 10.1. The van der Waals surface area contributed by atoms with E-state index in [4.69, 9.17) is 0 Å². The molecule has 2 aliphatic rings. The van der Waals surface area contributed by atoms with E-state index < -0.39 is 0 Å². The molecule has 2 heterocycles. The van der Waals surface area contributed by atoms with Crippen LogP contribution in [0.3, 0.4) is 0 Å². The standard InChI is InChI=1S/C23H23N3O6/c27-16-12-15(13-17(28)14-16)21(30)25-8-3-7-24(10-11-25)20(29)6-9-26-22(31)18-4-1-2-5-19(18)23(26)32/h1-2,4-5,12-14,27-28H,3,6-11H2. The van der Waals surface area contributed by atoms with E-state index in [-0.39, 0.29) is 53.7 Å². The van der Waals surface area contributed by atoms with Gasteiger partial charge in [-0.3, -0.25) is 24.1 Å². The lowest BCUT2D eigenvalue weighted by Crippen LogP contribution is -2.39. The second-order valence-electron chi connectivity index (χ2n) is 7.82. The van der Waals surface area contributed by atoms with Crippen molar-refractivity contribution in [3.05, 3.63) is 59.2 Å². The third-order valence-corrected chi connectivity index (χ3v) is 5.71. The molecule has 9 heteroatoms. The average Bonchev–Trinajstić information content (AvgIpc) is 2.93. The third kappa shape index (κ3) is 4.14. The van der Waals surface area contributed by atoms with Gasteiger partial charge < -0.3 is 20.0 Å². The Hall–Kier alpha value is -3.88. The van der Waals surface area contributed by atoms with Gasteiger partial charge in [0.15, 0.2) is 0 Å². The molecule has 4 rings (SSSR count). The lowest BCUT2D eigenvalue weighted by molar-refractivity contribution is -0.131. The van der Waals surface area contributed by atoms with Crippen LogP contribution in [0.2, 0.25) is 0 Å². The Bertz CT molecular complexity index is 1040. The minimum atomic E-state index is -0.389. The highest BCUT2D eigenvalue weighted by atomic mass is 16.3. The molecule has 0 aromatic heterocycles. The molecule has 0 spiro atoms. The second kappa shape index (κ2) is 8.70. The Morgan fingerprint density at radius 2 is 1.38 bits per heavy atom. The fraction of sp³-hybridized carbons (Fsp3) is 0.304. The van der Waals surface area contributed by atoms with Gasteiger partial charge in [0.05, 0.1) is 11.1 Å². The molecule has 0 bridgehead atoms. The smallest absolute Gasteiger partial charge is 0.261 e. The maximum atomic E-state index is 12.7. The van der Waals surface area contributed by atoms with Crippen molar-refractivity contribution in [3.63, 3.8) is 0 Å². The van der Waals surface area contributed by atoms with Crippen molar-refractivity contribution in [1.29, 1.82) is 0 Å². The van der Waals surface area contributed by atoms with Gasteiger partial charge in [-0.25, -0.2) is 0 Å². The summed E-state index contributed by atoms with van der Waals surface area (Å²) in [5, 5.41) is 19.2. The molecular formula is C23H23N3O6. The summed E-state index contributed by atoms with van der Waals surface area (Å²) in [4.78, 5) is 54.7. The van der Waals surface area contributed by atoms with E-state index >= 15 is 0 Å². The molecule has 0 radical (unpaired) electrons. The van der Waals surface area contributed by atoms with Crippen LogP contribution in [0.5, 0.6) is 11.5 Å². The van der Waals surface area contributed by atoms with Crippen LogP contribution in [0.25, 0.3) is 0 Å². The maximum absolute atomic E-state index is 12.7. The SMILES string of the molecule is O=C(CCN1C(=O)c2ccccc2C1=O)N1CCCN(C(=O)c2cc(O)cc(O)c2)CC1. The lowest BCUT2D eigenvalue weighted by Gasteiger charge is -2.23. The molecule has 1 saturated heterocycles. The second-order valence-corrected chi connectivity index (χ2v) is 7.82. The molecule has 0 aliphatic carbocycles. The molecule has 4 amide bonds. The first-order valence-corrected chi connectivity index (χ1v) is 10.4. The first-order chi connectivity index (χ1) is 15.3. The maximum Gasteiger partial charge on any atom is 0.261 e. The number of aromatic hydroxyl groups is 2.